The van der Waals surface area contributed by atoms with Crippen molar-refractivity contribution in [3.05, 3.63) is 23.9 Å². The van der Waals surface area contributed by atoms with Gasteiger partial charge in [-0.2, -0.15) is 11.8 Å². The van der Waals surface area contributed by atoms with Gasteiger partial charge in [0, 0.05) is 35.3 Å². The molecule has 1 aromatic heterocycles. The number of aromatic nitrogens is 1. The minimum atomic E-state index is 0.0634. The van der Waals surface area contributed by atoms with Crippen LogP contribution in [0.5, 0.6) is 0 Å². The Kier molecular flexibility index (Phi) is 3.71. The van der Waals surface area contributed by atoms with Crippen LogP contribution < -0.4 is 4.90 Å². The monoisotopic (exact) mass is 238 g/mol. The van der Waals surface area contributed by atoms with Gasteiger partial charge in [0.1, 0.15) is 5.82 Å². The molecule has 2 atom stereocenters. The normalized spacial score (nSPS) is 25.8. The summed E-state index contributed by atoms with van der Waals surface area (Å²) in [6.07, 6.45) is 1.80. The van der Waals surface area contributed by atoms with E-state index in [2.05, 4.69) is 23.7 Å². The van der Waals surface area contributed by atoms with Crippen molar-refractivity contribution in [2.75, 3.05) is 17.2 Å². The third-order valence-corrected chi connectivity index (χ3v) is 4.53. The summed E-state index contributed by atoms with van der Waals surface area (Å²) in [5.74, 6) is 2.08. The van der Waals surface area contributed by atoms with Crippen LogP contribution in [-0.2, 0) is 6.61 Å². The average Bonchev–Trinajstić information content (AvgIpc) is 2.33. The first-order chi connectivity index (χ1) is 7.74. The van der Waals surface area contributed by atoms with Crippen molar-refractivity contribution in [3.8, 4) is 0 Å². The van der Waals surface area contributed by atoms with E-state index in [-0.39, 0.29) is 6.61 Å². The van der Waals surface area contributed by atoms with Crippen molar-refractivity contribution >= 4 is 17.6 Å². The Balaban J connectivity index is 2.28. The Hall–Kier alpha value is -0.740. The van der Waals surface area contributed by atoms with Crippen LogP contribution in [0.1, 0.15) is 19.4 Å². The van der Waals surface area contributed by atoms with Gasteiger partial charge in [0.15, 0.2) is 0 Å². The Morgan fingerprint density at radius 1 is 1.56 bits per heavy atom. The first-order valence-electron chi connectivity index (χ1n) is 5.67. The maximum atomic E-state index is 9.33. The molecule has 1 N–H and O–H groups in total. The van der Waals surface area contributed by atoms with Crippen LogP contribution >= 0.6 is 11.8 Å². The first-order valence-corrected chi connectivity index (χ1v) is 6.72. The lowest BCUT2D eigenvalue weighted by molar-refractivity contribution is 0.281. The van der Waals surface area contributed by atoms with Crippen molar-refractivity contribution in [2.24, 2.45) is 0 Å². The molecule has 4 heteroatoms. The summed E-state index contributed by atoms with van der Waals surface area (Å²) in [5.41, 5.74) is 0.924. The summed E-state index contributed by atoms with van der Waals surface area (Å²) in [6.45, 7) is 5.56. The van der Waals surface area contributed by atoms with Crippen LogP contribution in [0.25, 0.3) is 0 Å². The van der Waals surface area contributed by atoms with Gasteiger partial charge in [-0.15, -0.1) is 0 Å². The Bertz CT molecular complexity index is 359. The van der Waals surface area contributed by atoms with Gasteiger partial charge in [0.2, 0.25) is 0 Å². The van der Waals surface area contributed by atoms with Gasteiger partial charge in [-0.3, -0.25) is 0 Å². The highest BCUT2D eigenvalue weighted by Crippen LogP contribution is 2.29. The number of nitrogens with zero attached hydrogens (tertiary/aromatic N) is 2. The SMILES string of the molecule is CC1SCCN(c2ncccc2CO)C1C. The lowest BCUT2D eigenvalue weighted by Crippen LogP contribution is -2.45. The highest BCUT2D eigenvalue weighted by atomic mass is 32.2. The zero-order chi connectivity index (χ0) is 11.5. The molecule has 0 aromatic carbocycles. The molecule has 0 aliphatic carbocycles. The predicted octanol–water partition coefficient (Wildman–Crippen LogP) is 1.90. The zero-order valence-corrected chi connectivity index (χ0v) is 10.6. The van der Waals surface area contributed by atoms with E-state index in [1.54, 1.807) is 6.20 Å². The highest BCUT2D eigenvalue weighted by Gasteiger charge is 2.27. The second-order valence-corrected chi connectivity index (χ2v) is 5.64. The summed E-state index contributed by atoms with van der Waals surface area (Å²) in [6, 6.07) is 4.29. The third kappa shape index (κ3) is 2.18. The standard InChI is InChI=1S/C12H18N2OS/c1-9-10(2)16-7-6-14(9)12-11(8-15)4-3-5-13-12/h3-5,9-10,15H,6-8H2,1-2H3. The summed E-state index contributed by atoms with van der Waals surface area (Å²) >= 11 is 2.01. The molecule has 2 rings (SSSR count). The molecule has 16 heavy (non-hydrogen) atoms. The molecule has 88 valence electrons. The Labute approximate surface area is 101 Å². The first kappa shape index (κ1) is 11.7. The molecule has 0 radical (unpaired) electrons. The molecular weight excluding hydrogens is 220 g/mol. The van der Waals surface area contributed by atoms with Gasteiger partial charge in [0.05, 0.1) is 6.61 Å². The summed E-state index contributed by atoms with van der Waals surface area (Å²) in [4.78, 5) is 6.73. The predicted molar refractivity (Wildman–Crippen MR) is 68.9 cm³/mol. The van der Waals surface area contributed by atoms with E-state index in [4.69, 9.17) is 0 Å². The molecule has 1 saturated heterocycles. The molecule has 1 aromatic rings. The summed E-state index contributed by atoms with van der Waals surface area (Å²) in [7, 11) is 0. The lowest BCUT2D eigenvalue weighted by atomic mass is 10.1. The van der Waals surface area contributed by atoms with Crippen LogP contribution in [0.4, 0.5) is 5.82 Å². The quantitative estimate of drug-likeness (QED) is 0.854. The summed E-state index contributed by atoms with van der Waals surface area (Å²) in [5, 5.41) is 9.94. The zero-order valence-electron chi connectivity index (χ0n) is 9.76. The number of rotatable bonds is 2. The lowest BCUT2D eigenvalue weighted by Gasteiger charge is -2.39. The number of thioether (sulfide) groups is 1. The van der Waals surface area contributed by atoms with E-state index in [0.717, 1.165) is 23.7 Å². The number of aliphatic hydroxyl groups excluding tert-OH is 1. The minimum Gasteiger partial charge on any atom is -0.392 e. The maximum Gasteiger partial charge on any atom is 0.134 e. The molecule has 0 spiro atoms. The van der Waals surface area contributed by atoms with E-state index in [1.165, 1.54) is 0 Å². The molecule has 2 heterocycles. The number of aliphatic hydroxyl groups is 1. The van der Waals surface area contributed by atoms with Crippen LogP contribution in [0, 0.1) is 0 Å². The molecule has 1 aliphatic heterocycles. The van der Waals surface area contributed by atoms with E-state index < -0.39 is 0 Å². The molecule has 3 nitrogen and oxygen atoms in total. The van der Waals surface area contributed by atoms with E-state index in [0.29, 0.717) is 11.3 Å². The van der Waals surface area contributed by atoms with Crippen LogP contribution in [0.3, 0.4) is 0 Å². The van der Waals surface area contributed by atoms with Crippen LogP contribution in [-0.4, -0.2) is 33.7 Å². The van der Waals surface area contributed by atoms with Crippen molar-refractivity contribution in [1.29, 1.82) is 0 Å². The Morgan fingerprint density at radius 2 is 2.38 bits per heavy atom. The number of hydrogen-bond donors (Lipinski definition) is 1. The van der Waals surface area contributed by atoms with Crippen LogP contribution in [0.15, 0.2) is 18.3 Å². The molecule has 1 fully saturated rings. The summed E-state index contributed by atoms with van der Waals surface area (Å²) < 4.78 is 0. The van der Waals surface area contributed by atoms with Crippen molar-refractivity contribution in [2.45, 2.75) is 31.7 Å². The fourth-order valence-electron chi connectivity index (χ4n) is 2.04. The topological polar surface area (TPSA) is 36.4 Å². The average molecular weight is 238 g/mol. The van der Waals surface area contributed by atoms with Crippen LogP contribution in [0.2, 0.25) is 0 Å². The number of pyridine rings is 1. The Morgan fingerprint density at radius 3 is 3.12 bits per heavy atom. The van der Waals surface area contributed by atoms with Gasteiger partial charge < -0.3 is 10.0 Å². The second kappa shape index (κ2) is 5.06. The van der Waals surface area contributed by atoms with Gasteiger partial charge in [0.25, 0.3) is 0 Å². The molecule has 2 unspecified atom stereocenters. The number of hydrogen-bond acceptors (Lipinski definition) is 4. The fraction of sp³-hybridized carbons (Fsp3) is 0.583. The second-order valence-electron chi connectivity index (χ2n) is 4.15. The molecule has 0 saturated carbocycles. The minimum absolute atomic E-state index is 0.0634. The number of anilines is 1. The van der Waals surface area contributed by atoms with Crippen molar-refractivity contribution < 1.29 is 5.11 Å². The molecule has 1 aliphatic rings. The molecule has 0 bridgehead atoms. The van der Waals surface area contributed by atoms with Gasteiger partial charge in [-0.05, 0) is 13.0 Å². The fourth-order valence-corrected chi connectivity index (χ4v) is 3.14. The maximum absolute atomic E-state index is 9.33. The van der Waals surface area contributed by atoms with Crippen molar-refractivity contribution in [3.63, 3.8) is 0 Å². The smallest absolute Gasteiger partial charge is 0.134 e. The highest BCUT2D eigenvalue weighted by molar-refractivity contribution is 8.00. The van der Waals surface area contributed by atoms with Gasteiger partial charge in [-0.25, -0.2) is 4.98 Å². The van der Waals surface area contributed by atoms with Crippen molar-refractivity contribution in [1.82, 2.24) is 4.98 Å². The molecule has 0 amide bonds. The van der Waals surface area contributed by atoms with Gasteiger partial charge in [-0.1, -0.05) is 13.0 Å². The van der Waals surface area contributed by atoms with Gasteiger partial charge >= 0.3 is 0 Å². The third-order valence-electron chi connectivity index (χ3n) is 3.19. The van der Waals surface area contributed by atoms with E-state index in [9.17, 15) is 5.11 Å². The van der Waals surface area contributed by atoms with E-state index in [1.807, 2.05) is 23.9 Å². The largest absolute Gasteiger partial charge is 0.392 e. The van der Waals surface area contributed by atoms with E-state index >= 15 is 0 Å². The molecular formula is C12H18N2OS.